The van der Waals surface area contributed by atoms with Gasteiger partial charge in [0.1, 0.15) is 0 Å². The molecule has 0 spiro atoms. The lowest BCUT2D eigenvalue weighted by atomic mass is 9.50. The van der Waals surface area contributed by atoms with Gasteiger partial charge in [-0.3, -0.25) is 4.79 Å². The van der Waals surface area contributed by atoms with E-state index in [9.17, 15) is 9.90 Å². The SMILES string of the molecule is CCCCCCCCCCCCC1CCC2CCCCC2C1(CCCCCCCCCCCC)C(=O)O. The lowest BCUT2D eigenvalue weighted by molar-refractivity contribution is -0.168. The predicted molar refractivity (Wildman–Crippen MR) is 161 cm³/mol. The molecule has 2 rings (SSSR count). The van der Waals surface area contributed by atoms with Gasteiger partial charge in [-0.05, 0) is 49.9 Å². The third kappa shape index (κ3) is 11.6. The summed E-state index contributed by atoms with van der Waals surface area (Å²) >= 11 is 0. The number of hydrogen-bond acceptors (Lipinski definition) is 1. The maximum absolute atomic E-state index is 13.1. The molecule has 2 aliphatic carbocycles. The fraction of sp³-hybridized carbons (Fsp3) is 0.971. The normalized spacial score (nSPS) is 25.7. The van der Waals surface area contributed by atoms with Crippen LogP contribution in [-0.2, 0) is 4.79 Å². The van der Waals surface area contributed by atoms with Gasteiger partial charge in [-0.25, -0.2) is 0 Å². The minimum atomic E-state index is -0.419. The third-order valence-corrected chi connectivity index (χ3v) is 10.4. The average Bonchev–Trinajstić information content (AvgIpc) is 2.91. The van der Waals surface area contributed by atoms with Gasteiger partial charge >= 0.3 is 5.97 Å². The molecule has 0 heterocycles. The van der Waals surface area contributed by atoms with Crippen LogP contribution in [0.4, 0.5) is 0 Å². The minimum Gasteiger partial charge on any atom is -0.481 e. The molecular formula is C35H66O2. The van der Waals surface area contributed by atoms with Gasteiger partial charge in [0.2, 0.25) is 0 Å². The molecule has 0 aromatic rings. The smallest absolute Gasteiger partial charge is 0.310 e. The first-order chi connectivity index (χ1) is 18.2. The summed E-state index contributed by atoms with van der Waals surface area (Å²) in [7, 11) is 0. The van der Waals surface area contributed by atoms with E-state index < -0.39 is 11.4 Å². The van der Waals surface area contributed by atoms with Gasteiger partial charge in [-0.2, -0.15) is 0 Å². The van der Waals surface area contributed by atoms with Gasteiger partial charge in [0, 0.05) is 0 Å². The zero-order chi connectivity index (χ0) is 26.6. The second-order valence-electron chi connectivity index (χ2n) is 13.2. The van der Waals surface area contributed by atoms with Crippen LogP contribution in [0.3, 0.4) is 0 Å². The van der Waals surface area contributed by atoms with Crippen LogP contribution < -0.4 is 0 Å². The van der Waals surface area contributed by atoms with Gasteiger partial charge < -0.3 is 5.11 Å². The number of hydrogen-bond donors (Lipinski definition) is 1. The Hall–Kier alpha value is -0.530. The Morgan fingerprint density at radius 2 is 1.05 bits per heavy atom. The Labute approximate surface area is 232 Å². The minimum absolute atomic E-state index is 0.414. The summed E-state index contributed by atoms with van der Waals surface area (Å²) in [5.74, 6) is 1.16. The summed E-state index contributed by atoms with van der Waals surface area (Å²) in [4.78, 5) is 13.1. The zero-order valence-corrected chi connectivity index (χ0v) is 25.4. The topological polar surface area (TPSA) is 37.3 Å². The first kappa shape index (κ1) is 32.7. The molecule has 2 saturated carbocycles. The number of carboxylic acid groups (broad SMARTS) is 1. The standard InChI is InChI=1S/C35H66O2/c1-3-5-7-9-11-13-15-17-19-21-26-32-29-28-31-25-22-23-27-33(31)35(32,34(36)37)30-24-20-18-16-14-12-10-8-6-4-2/h31-33H,3-30H2,1-2H3,(H,36,37). The van der Waals surface area contributed by atoms with Crippen molar-refractivity contribution in [1.29, 1.82) is 0 Å². The van der Waals surface area contributed by atoms with E-state index in [-0.39, 0.29) is 0 Å². The lowest BCUT2D eigenvalue weighted by Crippen LogP contribution is -2.52. The van der Waals surface area contributed by atoms with Crippen molar-refractivity contribution in [2.45, 2.75) is 194 Å². The molecule has 2 nitrogen and oxygen atoms in total. The van der Waals surface area contributed by atoms with E-state index in [4.69, 9.17) is 0 Å². The fourth-order valence-electron chi connectivity index (χ4n) is 8.22. The molecule has 2 heteroatoms. The lowest BCUT2D eigenvalue weighted by Gasteiger charge is -2.52. The van der Waals surface area contributed by atoms with Crippen molar-refractivity contribution in [3.8, 4) is 0 Å². The Morgan fingerprint density at radius 1 is 0.595 bits per heavy atom. The second-order valence-corrected chi connectivity index (χ2v) is 13.2. The molecule has 0 bridgehead atoms. The summed E-state index contributed by atoms with van der Waals surface area (Å²) in [6, 6.07) is 0. The Kier molecular flexibility index (Phi) is 18.0. The largest absolute Gasteiger partial charge is 0.481 e. The van der Waals surface area contributed by atoms with Crippen LogP contribution in [0.15, 0.2) is 0 Å². The fourth-order valence-corrected chi connectivity index (χ4v) is 8.22. The van der Waals surface area contributed by atoms with E-state index in [0.29, 0.717) is 17.8 Å². The van der Waals surface area contributed by atoms with Crippen LogP contribution in [0.5, 0.6) is 0 Å². The molecule has 0 saturated heterocycles. The maximum Gasteiger partial charge on any atom is 0.310 e. The monoisotopic (exact) mass is 519 g/mol. The Morgan fingerprint density at radius 3 is 1.57 bits per heavy atom. The van der Waals surface area contributed by atoms with Crippen molar-refractivity contribution >= 4 is 5.97 Å². The number of fused-ring (bicyclic) bond motifs is 1. The molecule has 0 radical (unpaired) electrons. The molecule has 0 amide bonds. The van der Waals surface area contributed by atoms with Crippen LogP contribution in [0.25, 0.3) is 0 Å². The van der Waals surface area contributed by atoms with Gasteiger partial charge in [0.15, 0.2) is 0 Å². The second kappa shape index (κ2) is 20.4. The Bertz CT molecular complexity index is 557. The van der Waals surface area contributed by atoms with Crippen molar-refractivity contribution in [1.82, 2.24) is 0 Å². The van der Waals surface area contributed by atoms with E-state index in [1.165, 1.54) is 167 Å². The van der Waals surface area contributed by atoms with Gasteiger partial charge in [-0.1, -0.05) is 162 Å². The first-order valence-corrected chi connectivity index (χ1v) is 17.4. The van der Waals surface area contributed by atoms with Crippen molar-refractivity contribution in [2.24, 2.45) is 23.2 Å². The molecule has 1 N–H and O–H groups in total. The summed E-state index contributed by atoms with van der Waals surface area (Å²) in [6.07, 6.45) is 36.7. The highest BCUT2D eigenvalue weighted by atomic mass is 16.4. The van der Waals surface area contributed by atoms with Crippen LogP contribution >= 0.6 is 0 Å². The molecule has 0 aromatic heterocycles. The number of carbonyl (C=O) groups is 1. The molecule has 37 heavy (non-hydrogen) atoms. The number of carboxylic acids is 1. The summed E-state index contributed by atoms with van der Waals surface area (Å²) < 4.78 is 0. The molecule has 2 aliphatic rings. The highest BCUT2D eigenvalue weighted by Gasteiger charge is 2.55. The van der Waals surface area contributed by atoms with Crippen LogP contribution in [0.1, 0.15) is 194 Å². The maximum atomic E-state index is 13.1. The van der Waals surface area contributed by atoms with Crippen molar-refractivity contribution in [2.75, 3.05) is 0 Å². The molecular weight excluding hydrogens is 452 g/mol. The van der Waals surface area contributed by atoms with Crippen molar-refractivity contribution in [3.63, 3.8) is 0 Å². The van der Waals surface area contributed by atoms with E-state index in [1.807, 2.05) is 0 Å². The average molecular weight is 519 g/mol. The van der Waals surface area contributed by atoms with Crippen LogP contribution in [-0.4, -0.2) is 11.1 Å². The summed E-state index contributed by atoms with van der Waals surface area (Å²) in [6.45, 7) is 4.57. The number of rotatable bonds is 23. The predicted octanol–water partition coefficient (Wildman–Crippen LogP) is 11.9. The van der Waals surface area contributed by atoms with Crippen molar-refractivity contribution < 1.29 is 9.90 Å². The highest BCUT2D eigenvalue weighted by Crippen LogP contribution is 2.57. The first-order valence-electron chi connectivity index (χ1n) is 17.4. The molecule has 2 fully saturated rings. The van der Waals surface area contributed by atoms with Crippen LogP contribution in [0, 0.1) is 23.2 Å². The van der Waals surface area contributed by atoms with E-state index >= 15 is 0 Å². The highest BCUT2D eigenvalue weighted by molar-refractivity contribution is 5.76. The summed E-state index contributed by atoms with van der Waals surface area (Å²) in [5.41, 5.74) is -0.414. The van der Waals surface area contributed by atoms with Crippen molar-refractivity contribution in [3.05, 3.63) is 0 Å². The quantitative estimate of drug-likeness (QED) is 0.137. The van der Waals surface area contributed by atoms with Gasteiger partial charge in [0.25, 0.3) is 0 Å². The number of aliphatic carboxylic acids is 1. The third-order valence-electron chi connectivity index (χ3n) is 10.4. The molecule has 0 aromatic carbocycles. The van der Waals surface area contributed by atoms with E-state index in [0.717, 1.165) is 12.8 Å². The van der Waals surface area contributed by atoms with Gasteiger partial charge in [-0.15, -0.1) is 0 Å². The van der Waals surface area contributed by atoms with E-state index in [2.05, 4.69) is 13.8 Å². The zero-order valence-electron chi connectivity index (χ0n) is 25.4. The van der Waals surface area contributed by atoms with E-state index in [1.54, 1.807) is 0 Å². The van der Waals surface area contributed by atoms with Crippen LogP contribution in [0.2, 0.25) is 0 Å². The molecule has 218 valence electrons. The molecule has 4 unspecified atom stereocenters. The molecule has 0 aliphatic heterocycles. The Balaban J connectivity index is 1.78. The summed E-state index contributed by atoms with van der Waals surface area (Å²) in [5, 5.41) is 10.8. The molecule has 4 atom stereocenters. The van der Waals surface area contributed by atoms with Gasteiger partial charge in [0.05, 0.1) is 5.41 Å². The number of unbranched alkanes of at least 4 members (excludes halogenated alkanes) is 18.